The molecule has 1 N–H and O–H groups in total. The zero-order valence-corrected chi connectivity index (χ0v) is 17.3. The van der Waals surface area contributed by atoms with Gasteiger partial charge in [-0.25, -0.2) is 8.42 Å². The molecule has 0 radical (unpaired) electrons. The van der Waals surface area contributed by atoms with Crippen LogP contribution in [0.5, 0.6) is 5.75 Å². The first-order valence-corrected chi connectivity index (χ1v) is 10.9. The minimum absolute atomic E-state index is 0.129. The monoisotopic (exact) mass is 429 g/mol. The highest BCUT2D eigenvalue weighted by atomic mass is 35.5. The van der Waals surface area contributed by atoms with E-state index in [2.05, 4.69) is 5.32 Å². The quantitative estimate of drug-likeness (QED) is 0.559. The standard InChI is InChI=1S/C22H20ClNO4S/c1-2-15-28-21-6-4-3-5-20(21)22(25)24-17-9-13-19(14-10-17)29(26,27)18-11-7-16(23)8-12-18/h3-14H,2,15H2,1H3,(H,24,25). The third kappa shape index (κ3) is 4.96. The van der Waals surface area contributed by atoms with E-state index in [9.17, 15) is 13.2 Å². The summed E-state index contributed by atoms with van der Waals surface area (Å²) in [4.78, 5) is 12.9. The smallest absolute Gasteiger partial charge is 0.259 e. The molecule has 3 rings (SSSR count). The van der Waals surface area contributed by atoms with Gasteiger partial charge in [-0.15, -0.1) is 0 Å². The molecule has 0 unspecified atom stereocenters. The summed E-state index contributed by atoms with van der Waals surface area (Å²) in [6.45, 7) is 2.50. The summed E-state index contributed by atoms with van der Waals surface area (Å²) in [5.41, 5.74) is 0.897. The Morgan fingerprint density at radius 1 is 0.931 bits per heavy atom. The molecular weight excluding hydrogens is 410 g/mol. The van der Waals surface area contributed by atoms with E-state index in [0.717, 1.165) is 6.42 Å². The van der Waals surface area contributed by atoms with Crippen LogP contribution in [0.15, 0.2) is 82.6 Å². The van der Waals surface area contributed by atoms with Gasteiger partial charge in [-0.2, -0.15) is 0 Å². The van der Waals surface area contributed by atoms with Crippen molar-refractivity contribution in [1.29, 1.82) is 0 Å². The second kappa shape index (κ2) is 9.11. The highest BCUT2D eigenvalue weighted by Gasteiger charge is 2.18. The highest BCUT2D eigenvalue weighted by Crippen LogP contribution is 2.25. The fraction of sp³-hybridized carbons (Fsp3) is 0.136. The summed E-state index contributed by atoms with van der Waals surface area (Å²) in [7, 11) is -3.66. The van der Waals surface area contributed by atoms with Gasteiger partial charge < -0.3 is 10.1 Å². The molecule has 3 aromatic carbocycles. The maximum absolute atomic E-state index is 12.7. The number of hydrogen-bond acceptors (Lipinski definition) is 4. The molecule has 0 aromatic heterocycles. The lowest BCUT2D eigenvalue weighted by Crippen LogP contribution is -2.14. The van der Waals surface area contributed by atoms with Gasteiger partial charge in [-0.3, -0.25) is 4.79 Å². The Bertz CT molecular complexity index is 1090. The van der Waals surface area contributed by atoms with Crippen molar-refractivity contribution in [3.63, 3.8) is 0 Å². The molecule has 0 bridgehead atoms. The van der Waals surface area contributed by atoms with E-state index in [1.54, 1.807) is 36.4 Å². The molecule has 150 valence electrons. The van der Waals surface area contributed by atoms with Crippen LogP contribution in [0.25, 0.3) is 0 Å². The van der Waals surface area contributed by atoms with E-state index in [4.69, 9.17) is 16.3 Å². The van der Waals surface area contributed by atoms with E-state index in [1.165, 1.54) is 36.4 Å². The molecule has 0 aliphatic carbocycles. The minimum Gasteiger partial charge on any atom is -0.493 e. The van der Waals surface area contributed by atoms with E-state index in [-0.39, 0.29) is 15.7 Å². The number of sulfone groups is 1. The van der Waals surface area contributed by atoms with Gasteiger partial charge in [0.1, 0.15) is 5.75 Å². The normalized spacial score (nSPS) is 11.1. The van der Waals surface area contributed by atoms with Crippen LogP contribution < -0.4 is 10.1 Å². The molecule has 0 saturated carbocycles. The van der Waals surface area contributed by atoms with E-state index >= 15 is 0 Å². The third-order valence-corrected chi connectivity index (χ3v) is 6.18. The van der Waals surface area contributed by atoms with Gasteiger partial charge in [0.05, 0.1) is 22.0 Å². The Morgan fingerprint density at radius 2 is 1.52 bits per heavy atom. The number of benzene rings is 3. The Balaban J connectivity index is 1.77. The number of halogens is 1. The summed E-state index contributed by atoms with van der Waals surface area (Å²) in [6.07, 6.45) is 0.833. The minimum atomic E-state index is -3.66. The summed E-state index contributed by atoms with van der Waals surface area (Å²) in [6, 6.07) is 19.0. The fourth-order valence-electron chi connectivity index (χ4n) is 2.66. The molecule has 0 atom stereocenters. The van der Waals surface area contributed by atoms with Gasteiger partial charge in [0.15, 0.2) is 0 Å². The Hall–Kier alpha value is -2.83. The SMILES string of the molecule is CCCOc1ccccc1C(=O)Nc1ccc(S(=O)(=O)c2ccc(Cl)cc2)cc1. The number of amides is 1. The number of hydrogen-bond donors (Lipinski definition) is 1. The highest BCUT2D eigenvalue weighted by molar-refractivity contribution is 7.91. The van der Waals surface area contributed by atoms with Gasteiger partial charge in [0, 0.05) is 10.7 Å². The van der Waals surface area contributed by atoms with Crippen molar-refractivity contribution in [2.45, 2.75) is 23.1 Å². The van der Waals surface area contributed by atoms with Crippen LogP contribution in [-0.4, -0.2) is 20.9 Å². The predicted octanol–water partition coefficient (Wildman–Crippen LogP) is 5.21. The summed E-state index contributed by atoms with van der Waals surface area (Å²) < 4.78 is 31.0. The number of anilines is 1. The van der Waals surface area contributed by atoms with Gasteiger partial charge in [0.2, 0.25) is 9.84 Å². The van der Waals surface area contributed by atoms with Crippen molar-refractivity contribution in [2.24, 2.45) is 0 Å². The molecule has 0 fully saturated rings. The second-order valence-electron chi connectivity index (χ2n) is 6.28. The summed E-state index contributed by atoms with van der Waals surface area (Å²) in [5.74, 6) is 0.179. The van der Waals surface area contributed by atoms with Gasteiger partial charge in [0.25, 0.3) is 5.91 Å². The molecule has 3 aromatic rings. The molecule has 5 nitrogen and oxygen atoms in total. The Labute approximate surface area is 175 Å². The van der Waals surface area contributed by atoms with Crippen molar-refractivity contribution in [2.75, 3.05) is 11.9 Å². The number of carbonyl (C=O) groups excluding carboxylic acids is 1. The lowest BCUT2D eigenvalue weighted by molar-refractivity contribution is 0.102. The topological polar surface area (TPSA) is 72.5 Å². The van der Waals surface area contributed by atoms with Crippen molar-refractivity contribution >= 4 is 33.0 Å². The Morgan fingerprint density at radius 3 is 2.14 bits per heavy atom. The lowest BCUT2D eigenvalue weighted by Gasteiger charge is -2.11. The first-order chi connectivity index (χ1) is 13.9. The van der Waals surface area contributed by atoms with E-state index in [0.29, 0.717) is 28.6 Å². The zero-order chi connectivity index (χ0) is 20.9. The van der Waals surface area contributed by atoms with Crippen molar-refractivity contribution in [3.05, 3.63) is 83.4 Å². The second-order valence-corrected chi connectivity index (χ2v) is 8.67. The number of ether oxygens (including phenoxy) is 1. The number of rotatable bonds is 7. The first kappa shape index (κ1) is 20.9. The van der Waals surface area contributed by atoms with Crippen LogP contribution in [0, 0.1) is 0 Å². The maximum Gasteiger partial charge on any atom is 0.259 e. The molecule has 0 heterocycles. The largest absolute Gasteiger partial charge is 0.493 e. The summed E-state index contributed by atoms with van der Waals surface area (Å²) in [5, 5.41) is 3.23. The summed E-state index contributed by atoms with van der Waals surface area (Å²) >= 11 is 5.82. The first-order valence-electron chi connectivity index (χ1n) is 9.05. The van der Waals surface area contributed by atoms with Crippen LogP contribution in [0.1, 0.15) is 23.7 Å². The number of carbonyl (C=O) groups is 1. The van der Waals surface area contributed by atoms with Gasteiger partial charge >= 0.3 is 0 Å². The molecule has 29 heavy (non-hydrogen) atoms. The Kier molecular flexibility index (Phi) is 6.56. The maximum atomic E-state index is 12.7. The van der Waals surface area contributed by atoms with E-state index in [1.807, 2.05) is 6.92 Å². The molecule has 0 spiro atoms. The average Bonchev–Trinajstić information content (AvgIpc) is 2.73. The van der Waals surface area contributed by atoms with Gasteiger partial charge in [-0.1, -0.05) is 30.7 Å². The lowest BCUT2D eigenvalue weighted by atomic mass is 10.2. The molecule has 0 saturated heterocycles. The molecule has 1 amide bonds. The molecular formula is C22H20ClNO4S. The van der Waals surface area contributed by atoms with Crippen molar-refractivity contribution < 1.29 is 17.9 Å². The van der Waals surface area contributed by atoms with Crippen molar-refractivity contribution in [1.82, 2.24) is 0 Å². The molecule has 7 heteroatoms. The van der Waals surface area contributed by atoms with Crippen LogP contribution in [0.4, 0.5) is 5.69 Å². The number of nitrogens with one attached hydrogen (secondary N) is 1. The fourth-order valence-corrected chi connectivity index (χ4v) is 4.04. The van der Waals surface area contributed by atoms with Crippen LogP contribution in [-0.2, 0) is 9.84 Å². The average molecular weight is 430 g/mol. The van der Waals surface area contributed by atoms with Crippen LogP contribution in [0.3, 0.4) is 0 Å². The number of para-hydroxylation sites is 1. The molecule has 0 aliphatic rings. The van der Waals surface area contributed by atoms with Crippen molar-refractivity contribution in [3.8, 4) is 5.75 Å². The van der Waals surface area contributed by atoms with Crippen LogP contribution in [0.2, 0.25) is 5.02 Å². The zero-order valence-electron chi connectivity index (χ0n) is 15.8. The van der Waals surface area contributed by atoms with Crippen LogP contribution >= 0.6 is 11.6 Å². The molecule has 0 aliphatic heterocycles. The predicted molar refractivity (Wildman–Crippen MR) is 114 cm³/mol. The van der Waals surface area contributed by atoms with E-state index < -0.39 is 9.84 Å². The van der Waals surface area contributed by atoms with Gasteiger partial charge in [-0.05, 0) is 67.1 Å². The third-order valence-electron chi connectivity index (χ3n) is 4.14.